The third kappa shape index (κ3) is 14.4. The number of aliphatic hydroxyl groups excluding tert-OH is 1. The topological polar surface area (TPSA) is 144 Å². The smallest absolute Gasteiger partial charge is 0.347 e. The molecule has 0 aliphatic heterocycles. The fourth-order valence-electron chi connectivity index (χ4n) is 3.35. The van der Waals surface area contributed by atoms with Crippen molar-refractivity contribution in [1.29, 1.82) is 0 Å². The van der Waals surface area contributed by atoms with Gasteiger partial charge in [-0.3, -0.25) is 4.79 Å². The van der Waals surface area contributed by atoms with Gasteiger partial charge in [0.25, 0.3) is 0 Å². The van der Waals surface area contributed by atoms with Gasteiger partial charge in [-0.25, -0.2) is 14.4 Å². The largest absolute Gasteiger partial charge is 0.461 e. The lowest BCUT2D eigenvalue weighted by Gasteiger charge is -2.16. The van der Waals surface area contributed by atoms with Crippen molar-refractivity contribution in [1.82, 2.24) is 0 Å². The standard InChI is InChI=1S/C30H38O11/c1-22(28(33)38-19-17-36-15-13-24-9-5-3-6-10-24)40-27(32)21-26(31)30(35)41-23(2)29(34)39-20-18-37-16-14-25-11-7-4-8-12-25/h3-12,22-23,26,31H,13-21H2,1-2H3. The van der Waals surface area contributed by atoms with Crippen LogP contribution in [0.5, 0.6) is 0 Å². The zero-order valence-electron chi connectivity index (χ0n) is 23.4. The molecule has 1 N–H and O–H groups in total. The minimum atomic E-state index is -1.90. The van der Waals surface area contributed by atoms with Crippen molar-refractivity contribution in [3.8, 4) is 0 Å². The number of carbonyl (C=O) groups excluding carboxylic acids is 4. The van der Waals surface area contributed by atoms with Gasteiger partial charge >= 0.3 is 23.9 Å². The highest BCUT2D eigenvalue weighted by molar-refractivity contribution is 5.85. The highest BCUT2D eigenvalue weighted by Gasteiger charge is 2.28. The first-order valence-corrected chi connectivity index (χ1v) is 13.4. The first-order chi connectivity index (χ1) is 19.8. The maximum atomic E-state index is 12.1. The van der Waals surface area contributed by atoms with Crippen LogP contribution in [0.1, 0.15) is 31.4 Å². The number of hydrogen-bond acceptors (Lipinski definition) is 11. The molecule has 0 heterocycles. The molecule has 2 aromatic rings. The number of ether oxygens (including phenoxy) is 6. The SMILES string of the molecule is CC(OC(=O)CC(O)C(=O)OC(C)C(=O)OCCOCCc1ccccc1)C(=O)OCCOCCc1ccccc1. The minimum Gasteiger partial charge on any atom is -0.461 e. The Morgan fingerprint density at radius 1 is 0.610 bits per heavy atom. The molecule has 0 bridgehead atoms. The zero-order chi connectivity index (χ0) is 29.9. The average Bonchev–Trinajstić information content (AvgIpc) is 2.97. The molecule has 0 spiro atoms. The molecule has 0 fully saturated rings. The second-order valence-corrected chi connectivity index (χ2v) is 8.96. The van der Waals surface area contributed by atoms with Crippen LogP contribution in [0.3, 0.4) is 0 Å². The highest BCUT2D eigenvalue weighted by Crippen LogP contribution is 2.06. The van der Waals surface area contributed by atoms with E-state index >= 15 is 0 Å². The summed E-state index contributed by atoms with van der Waals surface area (Å²) in [7, 11) is 0. The second-order valence-electron chi connectivity index (χ2n) is 8.96. The summed E-state index contributed by atoms with van der Waals surface area (Å²) >= 11 is 0. The number of esters is 4. The molecule has 0 saturated carbocycles. The maximum Gasteiger partial charge on any atom is 0.347 e. The number of rotatable bonds is 19. The van der Waals surface area contributed by atoms with Crippen molar-refractivity contribution in [2.24, 2.45) is 0 Å². The maximum absolute atomic E-state index is 12.1. The zero-order valence-corrected chi connectivity index (χ0v) is 23.4. The lowest BCUT2D eigenvalue weighted by molar-refractivity contribution is -0.176. The fourth-order valence-corrected chi connectivity index (χ4v) is 3.35. The summed E-state index contributed by atoms with van der Waals surface area (Å²) in [4.78, 5) is 48.1. The van der Waals surface area contributed by atoms with Crippen molar-refractivity contribution in [3.63, 3.8) is 0 Å². The van der Waals surface area contributed by atoms with Crippen LogP contribution < -0.4 is 0 Å². The van der Waals surface area contributed by atoms with Gasteiger partial charge in [0.05, 0.1) is 32.8 Å². The molecule has 11 heteroatoms. The molecule has 0 aliphatic carbocycles. The molecule has 3 atom stereocenters. The number of hydrogen-bond donors (Lipinski definition) is 1. The summed E-state index contributed by atoms with van der Waals surface area (Å²) in [5, 5.41) is 9.96. The molecular weight excluding hydrogens is 536 g/mol. The predicted molar refractivity (Wildman–Crippen MR) is 146 cm³/mol. The van der Waals surface area contributed by atoms with Crippen LogP contribution in [0.4, 0.5) is 0 Å². The Morgan fingerprint density at radius 2 is 1.05 bits per heavy atom. The number of benzene rings is 2. The van der Waals surface area contributed by atoms with E-state index in [1.807, 2.05) is 60.7 Å². The summed E-state index contributed by atoms with van der Waals surface area (Å²) < 4.78 is 30.6. The molecule has 3 unspecified atom stereocenters. The predicted octanol–water partition coefficient (Wildman–Crippen LogP) is 2.21. The van der Waals surface area contributed by atoms with E-state index in [2.05, 4.69) is 0 Å². The van der Waals surface area contributed by atoms with Crippen molar-refractivity contribution < 1.29 is 52.7 Å². The van der Waals surface area contributed by atoms with Crippen LogP contribution >= 0.6 is 0 Å². The second kappa shape index (κ2) is 19.3. The van der Waals surface area contributed by atoms with Crippen molar-refractivity contribution >= 4 is 23.9 Å². The molecule has 0 saturated heterocycles. The van der Waals surface area contributed by atoms with E-state index in [4.69, 9.17) is 28.4 Å². The average molecular weight is 575 g/mol. The Balaban J connectivity index is 1.53. The minimum absolute atomic E-state index is 0.0295. The molecule has 2 aromatic carbocycles. The van der Waals surface area contributed by atoms with Crippen molar-refractivity contribution in [2.45, 2.75) is 51.4 Å². The van der Waals surface area contributed by atoms with Crippen LogP contribution in [-0.4, -0.2) is 86.9 Å². The Kier molecular flexibility index (Phi) is 15.7. The molecule has 224 valence electrons. The lowest BCUT2D eigenvalue weighted by atomic mass is 10.2. The third-order valence-electron chi connectivity index (χ3n) is 5.60. The van der Waals surface area contributed by atoms with E-state index in [0.717, 1.165) is 17.5 Å². The normalized spacial score (nSPS) is 13.0. The first kappa shape index (κ1) is 33.4. The molecule has 11 nitrogen and oxygen atoms in total. The molecule has 0 aromatic heterocycles. The van der Waals surface area contributed by atoms with Crippen LogP contribution in [0, 0.1) is 0 Å². The Labute approximate surface area is 239 Å². The Bertz CT molecular complexity index is 1060. The van der Waals surface area contributed by atoms with E-state index < -0.39 is 48.6 Å². The van der Waals surface area contributed by atoms with Gasteiger partial charge in [-0.1, -0.05) is 60.7 Å². The van der Waals surface area contributed by atoms with Gasteiger partial charge in [0.2, 0.25) is 0 Å². The van der Waals surface area contributed by atoms with Crippen LogP contribution in [0.25, 0.3) is 0 Å². The van der Waals surface area contributed by atoms with Crippen LogP contribution in [0.15, 0.2) is 60.7 Å². The van der Waals surface area contributed by atoms with Gasteiger partial charge in [0, 0.05) is 0 Å². The summed E-state index contributed by atoms with van der Waals surface area (Å²) in [5.41, 5.74) is 2.25. The first-order valence-electron chi connectivity index (χ1n) is 13.4. The Hall–Kier alpha value is -3.80. The summed E-state index contributed by atoms with van der Waals surface area (Å²) in [6, 6.07) is 19.5. The molecule has 0 amide bonds. The highest BCUT2D eigenvalue weighted by atomic mass is 16.6. The quantitative estimate of drug-likeness (QED) is 0.150. The molecular formula is C30H38O11. The van der Waals surface area contributed by atoms with E-state index in [1.165, 1.54) is 13.8 Å². The number of aliphatic hydroxyl groups is 1. The van der Waals surface area contributed by atoms with Crippen molar-refractivity contribution in [3.05, 3.63) is 71.8 Å². The fraction of sp³-hybridized carbons (Fsp3) is 0.467. The lowest BCUT2D eigenvalue weighted by Crippen LogP contribution is -2.35. The number of carbonyl (C=O) groups is 4. The third-order valence-corrected chi connectivity index (χ3v) is 5.60. The van der Waals surface area contributed by atoms with Gasteiger partial charge in [-0.15, -0.1) is 0 Å². The van der Waals surface area contributed by atoms with Crippen LogP contribution in [-0.2, 0) is 60.4 Å². The summed E-state index contributed by atoms with van der Waals surface area (Å²) in [6.07, 6.45) is -3.83. The van der Waals surface area contributed by atoms with Crippen LogP contribution in [0.2, 0.25) is 0 Å². The molecule has 2 rings (SSSR count). The van der Waals surface area contributed by atoms with Gasteiger partial charge in [-0.05, 0) is 37.8 Å². The van der Waals surface area contributed by atoms with E-state index in [-0.39, 0.29) is 26.4 Å². The summed E-state index contributed by atoms with van der Waals surface area (Å²) in [6.45, 7) is 3.74. The van der Waals surface area contributed by atoms with Gasteiger partial charge < -0.3 is 33.5 Å². The van der Waals surface area contributed by atoms with E-state index in [0.29, 0.717) is 19.6 Å². The van der Waals surface area contributed by atoms with Gasteiger partial charge in [-0.2, -0.15) is 0 Å². The monoisotopic (exact) mass is 574 g/mol. The van der Waals surface area contributed by atoms with Gasteiger partial charge in [0.1, 0.15) is 13.2 Å². The molecule has 0 radical (unpaired) electrons. The summed E-state index contributed by atoms with van der Waals surface area (Å²) in [5.74, 6) is -3.88. The van der Waals surface area contributed by atoms with Gasteiger partial charge in [0.15, 0.2) is 18.3 Å². The van der Waals surface area contributed by atoms with E-state index in [1.54, 1.807) is 0 Å². The molecule has 41 heavy (non-hydrogen) atoms. The van der Waals surface area contributed by atoms with E-state index in [9.17, 15) is 24.3 Å². The molecule has 0 aliphatic rings. The Morgan fingerprint density at radius 3 is 1.51 bits per heavy atom. The van der Waals surface area contributed by atoms with Crippen molar-refractivity contribution in [2.75, 3.05) is 39.6 Å².